The van der Waals surface area contributed by atoms with Crippen molar-refractivity contribution < 1.29 is 14.6 Å². The molecule has 0 spiro atoms. The van der Waals surface area contributed by atoms with Gasteiger partial charge in [0.25, 0.3) is 5.91 Å². The summed E-state index contributed by atoms with van der Waals surface area (Å²) in [7, 11) is 0. The molecule has 2 N–H and O–H groups in total. The Kier molecular flexibility index (Phi) is 4.94. The van der Waals surface area contributed by atoms with Gasteiger partial charge in [-0.1, -0.05) is 0 Å². The van der Waals surface area contributed by atoms with Crippen LogP contribution >= 0.6 is 0 Å². The molecular formula is C17H25N3O3. The van der Waals surface area contributed by atoms with E-state index in [1.807, 2.05) is 26.0 Å². The molecule has 2 aliphatic heterocycles. The van der Waals surface area contributed by atoms with Crippen LogP contribution in [-0.4, -0.2) is 65.4 Å². The van der Waals surface area contributed by atoms with Gasteiger partial charge in [0.1, 0.15) is 0 Å². The van der Waals surface area contributed by atoms with E-state index in [1.165, 1.54) is 0 Å². The lowest BCUT2D eigenvalue weighted by Gasteiger charge is -2.34. The van der Waals surface area contributed by atoms with Crippen LogP contribution < -0.4 is 5.32 Å². The summed E-state index contributed by atoms with van der Waals surface area (Å²) >= 11 is 0. The lowest BCUT2D eigenvalue weighted by molar-refractivity contribution is -0.0566. The van der Waals surface area contributed by atoms with E-state index in [-0.39, 0.29) is 24.7 Å². The number of hydrogen-bond acceptors (Lipinski definition) is 5. The number of pyridine rings is 1. The highest BCUT2D eigenvalue weighted by atomic mass is 16.5. The van der Waals surface area contributed by atoms with Crippen LogP contribution in [0.5, 0.6) is 0 Å². The van der Waals surface area contributed by atoms with Crippen molar-refractivity contribution in [3.63, 3.8) is 0 Å². The van der Waals surface area contributed by atoms with Gasteiger partial charge < -0.3 is 15.2 Å². The number of amides is 1. The number of aliphatic hydroxyl groups excluding tert-OH is 1. The van der Waals surface area contributed by atoms with Gasteiger partial charge in [-0.05, 0) is 38.8 Å². The number of morpholine rings is 1. The van der Waals surface area contributed by atoms with E-state index in [4.69, 9.17) is 9.84 Å². The summed E-state index contributed by atoms with van der Waals surface area (Å²) in [6.07, 6.45) is 1.69. The average Bonchev–Trinajstić information content (AvgIpc) is 2.88. The number of aromatic nitrogens is 1. The van der Waals surface area contributed by atoms with Crippen molar-refractivity contribution in [3.05, 3.63) is 29.1 Å². The zero-order chi connectivity index (χ0) is 16.4. The van der Waals surface area contributed by atoms with E-state index in [0.717, 1.165) is 30.9 Å². The van der Waals surface area contributed by atoms with E-state index >= 15 is 0 Å². The second-order valence-electron chi connectivity index (χ2n) is 6.57. The molecule has 0 aromatic carbocycles. The van der Waals surface area contributed by atoms with E-state index < -0.39 is 0 Å². The summed E-state index contributed by atoms with van der Waals surface area (Å²) in [5.41, 5.74) is 2.34. The number of fused-ring (bicyclic) bond motifs is 1. The third-order valence-corrected chi connectivity index (χ3v) is 4.75. The van der Waals surface area contributed by atoms with Crippen LogP contribution in [0.4, 0.5) is 0 Å². The van der Waals surface area contributed by atoms with Crippen LogP contribution in [0, 0.1) is 13.8 Å². The van der Waals surface area contributed by atoms with Crippen molar-refractivity contribution in [2.45, 2.75) is 44.9 Å². The van der Waals surface area contributed by atoms with Crippen molar-refractivity contribution in [1.29, 1.82) is 0 Å². The molecule has 6 heteroatoms. The highest BCUT2D eigenvalue weighted by molar-refractivity contribution is 5.95. The van der Waals surface area contributed by atoms with E-state index in [0.29, 0.717) is 24.6 Å². The highest BCUT2D eigenvalue weighted by Crippen LogP contribution is 2.24. The molecular weight excluding hydrogens is 294 g/mol. The number of nitrogens with zero attached hydrogens (tertiary/aromatic N) is 2. The van der Waals surface area contributed by atoms with E-state index in [9.17, 15) is 4.79 Å². The monoisotopic (exact) mass is 319 g/mol. The number of aryl methyl sites for hydroxylation is 2. The number of nitrogens with one attached hydrogen (secondary N) is 1. The van der Waals surface area contributed by atoms with Gasteiger partial charge in [0.2, 0.25) is 0 Å². The third kappa shape index (κ3) is 3.71. The topological polar surface area (TPSA) is 74.7 Å². The molecule has 23 heavy (non-hydrogen) atoms. The molecule has 0 unspecified atom stereocenters. The van der Waals surface area contributed by atoms with Gasteiger partial charge in [0.15, 0.2) is 0 Å². The Balaban J connectivity index is 1.58. The first-order valence-electron chi connectivity index (χ1n) is 8.28. The Hall–Kier alpha value is -1.50. The number of carbonyl (C=O) groups excluding carboxylic acids is 1. The minimum Gasteiger partial charge on any atom is -0.396 e. The van der Waals surface area contributed by atoms with Gasteiger partial charge in [0, 0.05) is 37.5 Å². The maximum absolute atomic E-state index is 12.5. The van der Waals surface area contributed by atoms with Crippen LogP contribution in [0.1, 0.15) is 34.6 Å². The highest BCUT2D eigenvalue weighted by Gasteiger charge is 2.37. The van der Waals surface area contributed by atoms with Gasteiger partial charge >= 0.3 is 0 Å². The summed E-state index contributed by atoms with van der Waals surface area (Å²) in [5, 5.41) is 12.2. The zero-order valence-corrected chi connectivity index (χ0v) is 13.8. The third-order valence-electron chi connectivity index (χ3n) is 4.75. The summed E-state index contributed by atoms with van der Waals surface area (Å²) in [4.78, 5) is 19.2. The Morgan fingerprint density at radius 3 is 3.00 bits per heavy atom. The first-order chi connectivity index (χ1) is 11.1. The second kappa shape index (κ2) is 6.95. The largest absolute Gasteiger partial charge is 0.396 e. The number of carbonyl (C=O) groups is 1. The Bertz CT molecular complexity index is 578. The standard InChI is InChI=1S/C17H25N3O3/c1-11-3-4-16(12(2)18-11)17(22)19-13-7-14-10-23-15(5-6-21)9-20(14)8-13/h3-4,13-15,21H,5-10H2,1-2H3,(H,19,22)/t13-,14+,15+/m1/s1. The minimum atomic E-state index is -0.0485. The van der Waals surface area contributed by atoms with Crippen LogP contribution in [0.15, 0.2) is 12.1 Å². The van der Waals surface area contributed by atoms with E-state index in [2.05, 4.69) is 15.2 Å². The lowest BCUT2D eigenvalue weighted by Crippen LogP contribution is -2.46. The van der Waals surface area contributed by atoms with Crippen molar-refractivity contribution in [2.24, 2.45) is 0 Å². The molecule has 0 bridgehead atoms. The SMILES string of the molecule is Cc1ccc(C(=O)N[C@@H]2C[C@H]3CO[C@@H](CCO)CN3C2)c(C)n1. The molecule has 0 aliphatic carbocycles. The van der Waals surface area contributed by atoms with Crippen molar-refractivity contribution in [3.8, 4) is 0 Å². The van der Waals surface area contributed by atoms with Crippen LogP contribution in [0.2, 0.25) is 0 Å². The fourth-order valence-electron chi connectivity index (χ4n) is 3.56. The summed E-state index contributed by atoms with van der Waals surface area (Å²) in [6.45, 7) is 6.31. The van der Waals surface area contributed by atoms with Gasteiger partial charge in [-0.3, -0.25) is 14.7 Å². The first-order valence-corrected chi connectivity index (χ1v) is 8.28. The maximum Gasteiger partial charge on any atom is 0.253 e. The predicted molar refractivity (Wildman–Crippen MR) is 86.4 cm³/mol. The Morgan fingerprint density at radius 1 is 1.43 bits per heavy atom. The van der Waals surface area contributed by atoms with Crippen LogP contribution in [0.3, 0.4) is 0 Å². The smallest absolute Gasteiger partial charge is 0.253 e. The zero-order valence-electron chi connectivity index (χ0n) is 13.8. The fourth-order valence-corrected chi connectivity index (χ4v) is 3.56. The second-order valence-corrected chi connectivity index (χ2v) is 6.57. The van der Waals surface area contributed by atoms with Gasteiger partial charge in [-0.25, -0.2) is 0 Å². The molecule has 1 aromatic rings. The van der Waals surface area contributed by atoms with Gasteiger partial charge in [-0.2, -0.15) is 0 Å². The fraction of sp³-hybridized carbons (Fsp3) is 0.647. The Morgan fingerprint density at radius 2 is 2.26 bits per heavy atom. The van der Waals surface area contributed by atoms with E-state index in [1.54, 1.807) is 0 Å². The molecule has 1 amide bonds. The Labute approximate surface area is 136 Å². The normalized spacial score (nSPS) is 27.7. The predicted octanol–water partition coefficient (Wildman–Crippen LogP) is 0.652. The maximum atomic E-state index is 12.5. The number of ether oxygens (including phenoxy) is 1. The van der Waals surface area contributed by atoms with Crippen molar-refractivity contribution in [1.82, 2.24) is 15.2 Å². The summed E-state index contributed by atoms with van der Waals surface area (Å²) in [5.74, 6) is -0.0485. The van der Waals surface area contributed by atoms with Crippen LogP contribution in [-0.2, 0) is 4.74 Å². The average molecular weight is 319 g/mol. The number of aliphatic hydroxyl groups is 1. The molecule has 2 fully saturated rings. The van der Waals surface area contributed by atoms with Crippen LogP contribution in [0.25, 0.3) is 0 Å². The quantitative estimate of drug-likeness (QED) is 0.852. The van der Waals surface area contributed by atoms with Gasteiger partial charge in [0.05, 0.1) is 24.0 Å². The molecule has 3 heterocycles. The first kappa shape index (κ1) is 16.4. The molecule has 2 aliphatic rings. The molecule has 6 nitrogen and oxygen atoms in total. The molecule has 3 atom stereocenters. The van der Waals surface area contributed by atoms with Crippen molar-refractivity contribution >= 4 is 5.91 Å². The van der Waals surface area contributed by atoms with Gasteiger partial charge in [-0.15, -0.1) is 0 Å². The molecule has 3 rings (SSSR count). The molecule has 126 valence electrons. The molecule has 0 saturated carbocycles. The summed E-state index contributed by atoms with van der Waals surface area (Å²) < 4.78 is 5.78. The number of rotatable bonds is 4. The molecule has 2 saturated heterocycles. The molecule has 0 radical (unpaired) electrons. The lowest BCUT2D eigenvalue weighted by atomic mass is 10.1. The minimum absolute atomic E-state index is 0.0485. The molecule has 1 aromatic heterocycles. The number of hydrogen-bond donors (Lipinski definition) is 2. The van der Waals surface area contributed by atoms with Crippen molar-refractivity contribution in [2.75, 3.05) is 26.3 Å². The summed E-state index contributed by atoms with van der Waals surface area (Å²) in [6, 6.07) is 4.22.